The van der Waals surface area contributed by atoms with E-state index in [1.54, 1.807) is 12.1 Å². The largest absolute Gasteiger partial charge is 0.307 e. The molecular formula is C13H11FN2. The summed E-state index contributed by atoms with van der Waals surface area (Å²) in [6.45, 7) is 0. The van der Waals surface area contributed by atoms with Crippen molar-refractivity contribution in [2.24, 2.45) is 5.73 Å². The monoisotopic (exact) mass is 214 g/mol. The first-order valence-corrected chi connectivity index (χ1v) is 4.96. The van der Waals surface area contributed by atoms with Gasteiger partial charge in [0, 0.05) is 0 Å². The number of allylic oxidation sites excluding steroid dienone is 2. The highest BCUT2D eigenvalue weighted by Crippen LogP contribution is 2.27. The minimum absolute atomic E-state index is 0.754. The average Bonchev–Trinajstić information content (AvgIpc) is 2.34. The van der Waals surface area contributed by atoms with Crippen LogP contribution in [0.15, 0.2) is 48.6 Å². The van der Waals surface area contributed by atoms with Gasteiger partial charge in [-0.05, 0) is 23.3 Å². The summed E-state index contributed by atoms with van der Waals surface area (Å²) in [5, 5.41) is 8.78. The Morgan fingerprint density at radius 3 is 2.56 bits per heavy atom. The van der Waals surface area contributed by atoms with E-state index in [-0.39, 0.29) is 0 Å². The lowest BCUT2D eigenvalue weighted by Crippen LogP contribution is -2.45. The third kappa shape index (κ3) is 1.75. The number of nitrogens with two attached hydrogens (primary N) is 1. The maximum atomic E-state index is 13.7. The molecular weight excluding hydrogens is 203 g/mol. The zero-order chi connectivity index (χ0) is 11.6. The van der Waals surface area contributed by atoms with E-state index in [1.807, 2.05) is 30.3 Å². The van der Waals surface area contributed by atoms with Gasteiger partial charge >= 0.3 is 0 Å². The van der Waals surface area contributed by atoms with Crippen molar-refractivity contribution in [1.29, 1.82) is 5.26 Å². The minimum Gasteiger partial charge on any atom is -0.307 e. The standard InChI is InChI=1S/C13H11FN2/c14-12-8-11(6-7-13(12,16)9-15)10-4-2-1-3-5-10/h1-8,12H,16H2. The van der Waals surface area contributed by atoms with Gasteiger partial charge in [0.15, 0.2) is 11.7 Å². The molecule has 0 saturated heterocycles. The lowest BCUT2D eigenvalue weighted by atomic mass is 9.87. The molecule has 2 unspecified atom stereocenters. The Kier molecular flexibility index (Phi) is 2.59. The summed E-state index contributed by atoms with van der Waals surface area (Å²) in [6.07, 6.45) is 3.02. The Hall–Kier alpha value is -1.92. The van der Waals surface area contributed by atoms with Crippen LogP contribution in [0.1, 0.15) is 5.56 Å². The van der Waals surface area contributed by atoms with Crippen molar-refractivity contribution in [2.45, 2.75) is 11.7 Å². The highest BCUT2D eigenvalue weighted by Gasteiger charge is 2.34. The molecule has 0 aliphatic heterocycles. The van der Waals surface area contributed by atoms with Gasteiger partial charge in [-0.15, -0.1) is 0 Å². The van der Waals surface area contributed by atoms with Gasteiger partial charge < -0.3 is 5.73 Å². The molecule has 2 nitrogen and oxygen atoms in total. The molecule has 1 aromatic rings. The Morgan fingerprint density at radius 2 is 2.00 bits per heavy atom. The van der Waals surface area contributed by atoms with Crippen LogP contribution in [0, 0.1) is 11.3 Å². The summed E-state index contributed by atoms with van der Waals surface area (Å²) in [4.78, 5) is 0. The third-order valence-corrected chi connectivity index (χ3v) is 2.62. The van der Waals surface area contributed by atoms with Gasteiger partial charge in [0.05, 0.1) is 6.07 Å². The normalized spacial score (nSPS) is 28.3. The first-order chi connectivity index (χ1) is 7.65. The number of benzene rings is 1. The Labute approximate surface area is 93.5 Å². The molecule has 0 spiro atoms. The number of nitriles is 1. The average molecular weight is 214 g/mol. The van der Waals surface area contributed by atoms with Crippen molar-refractivity contribution < 1.29 is 4.39 Å². The second kappa shape index (κ2) is 3.92. The first-order valence-electron chi connectivity index (χ1n) is 4.96. The molecule has 0 amide bonds. The van der Waals surface area contributed by atoms with Gasteiger partial charge in [0.2, 0.25) is 0 Å². The summed E-state index contributed by atoms with van der Waals surface area (Å²) in [5.74, 6) is 0. The fourth-order valence-electron chi connectivity index (χ4n) is 1.59. The number of halogens is 1. The number of hydrogen-bond acceptors (Lipinski definition) is 2. The van der Waals surface area contributed by atoms with E-state index >= 15 is 0 Å². The maximum Gasteiger partial charge on any atom is 0.158 e. The Bertz CT molecular complexity index is 484. The molecule has 2 atom stereocenters. The maximum absolute atomic E-state index is 13.7. The SMILES string of the molecule is N#CC1(N)C=CC(c2ccccc2)=CC1F. The van der Waals surface area contributed by atoms with Crippen molar-refractivity contribution >= 4 is 5.57 Å². The first kappa shape index (κ1) is 10.6. The fraction of sp³-hybridized carbons (Fsp3) is 0.154. The van der Waals surface area contributed by atoms with Gasteiger partial charge in [0.1, 0.15) is 0 Å². The number of nitrogens with zero attached hydrogens (tertiary/aromatic N) is 1. The topological polar surface area (TPSA) is 49.8 Å². The van der Waals surface area contributed by atoms with Gasteiger partial charge in [0.25, 0.3) is 0 Å². The molecule has 0 fully saturated rings. The van der Waals surface area contributed by atoms with Gasteiger partial charge in [-0.3, -0.25) is 0 Å². The zero-order valence-corrected chi connectivity index (χ0v) is 8.60. The molecule has 0 saturated carbocycles. The van der Waals surface area contributed by atoms with Crippen LogP contribution in [-0.4, -0.2) is 11.7 Å². The molecule has 2 N–H and O–H groups in total. The minimum atomic E-state index is -1.53. The summed E-state index contributed by atoms with van der Waals surface area (Å²) >= 11 is 0. The number of rotatable bonds is 1. The predicted octanol–water partition coefficient (Wildman–Crippen LogP) is 2.20. The summed E-state index contributed by atoms with van der Waals surface area (Å²) < 4.78 is 13.7. The smallest absolute Gasteiger partial charge is 0.158 e. The van der Waals surface area contributed by atoms with E-state index < -0.39 is 11.7 Å². The van der Waals surface area contributed by atoms with E-state index in [2.05, 4.69) is 0 Å². The summed E-state index contributed by atoms with van der Waals surface area (Å²) in [6, 6.07) is 11.2. The Balaban J connectivity index is 2.34. The van der Waals surface area contributed by atoms with Crippen molar-refractivity contribution in [3.8, 4) is 6.07 Å². The van der Waals surface area contributed by atoms with E-state index in [0.29, 0.717) is 0 Å². The molecule has 1 aliphatic rings. The molecule has 3 heteroatoms. The van der Waals surface area contributed by atoms with E-state index in [9.17, 15) is 4.39 Å². The van der Waals surface area contributed by atoms with Crippen molar-refractivity contribution in [2.75, 3.05) is 0 Å². The molecule has 16 heavy (non-hydrogen) atoms. The molecule has 0 bridgehead atoms. The van der Waals surface area contributed by atoms with Crippen LogP contribution in [0.4, 0.5) is 4.39 Å². The van der Waals surface area contributed by atoms with Crippen LogP contribution in [0.2, 0.25) is 0 Å². The molecule has 2 rings (SSSR count). The zero-order valence-electron chi connectivity index (χ0n) is 8.60. The molecule has 1 aliphatic carbocycles. The predicted molar refractivity (Wildman–Crippen MR) is 61.0 cm³/mol. The molecule has 1 aromatic carbocycles. The molecule has 80 valence electrons. The lowest BCUT2D eigenvalue weighted by molar-refractivity contribution is 0.325. The van der Waals surface area contributed by atoms with E-state index in [0.717, 1.165) is 11.1 Å². The second-order valence-electron chi connectivity index (χ2n) is 3.77. The van der Waals surface area contributed by atoms with Gasteiger partial charge in [-0.1, -0.05) is 36.4 Å². The van der Waals surface area contributed by atoms with Crippen LogP contribution in [-0.2, 0) is 0 Å². The fourth-order valence-corrected chi connectivity index (χ4v) is 1.59. The molecule has 0 radical (unpaired) electrons. The van der Waals surface area contributed by atoms with Crippen LogP contribution in [0.3, 0.4) is 0 Å². The quantitative estimate of drug-likeness (QED) is 0.779. The van der Waals surface area contributed by atoms with Crippen LogP contribution >= 0.6 is 0 Å². The second-order valence-corrected chi connectivity index (χ2v) is 3.77. The number of hydrogen-bond donors (Lipinski definition) is 1. The van der Waals surface area contributed by atoms with E-state index in [1.165, 1.54) is 12.2 Å². The number of alkyl halides is 1. The van der Waals surface area contributed by atoms with Crippen molar-refractivity contribution in [1.82, 2.24) is 0 Å². The third-order valence-electron chi connectivity index (χ3n) is 2.62. The highest BCUT2D eigenvalue weighted by atomic mass is 19.1. The van der Waals surface area contributed by atoms with Gasteiger partial charge in [-0.2, -0.15) is 5.26 Å². The highest BCUT2D eigenvalue weighted by molar-refractivity contribution is 5.76. The summed E-state index contributed by atoms with van der Waals surface area (Å²) in [5.41, 5.74) is 5.72. The van der Waals surface area contributed by atoms with Crippen molar-refractivity contribution in [3.63, 3.8) is 0 Å². The lowest BCUT2D eigenvalue weighted by Gasteiger charge is -2.24. The van der Waals surface area contributed by atoms with Gasteiger partial charge in [-0.25, -0.2) is 4.39 Å². The van der Waals surface area contributed by atoms with Crippen LogP contribution < -0.4 is 5.73 Å². The summed E-state index contributed by atoms with van der Waals surface area (Å²) in [7, 11) is 0. The van der Waals surface area contributed by atoms with Crippen LogP contribution in [0.25, 0.3) is 5.57 Å². The van der Waals surface area contributed by atoms with Crippen LogP contribution in [0.5, 0.6) is 0 Å². The Morgan fingerprint density at radius 1 is 1.31 bits per heavy atom. The molecule has 0 aromatic heterocycles. The molecule has 0 heterocycles. The van der Waals surface area contributed by atoms with Crippen molar-refractivity contribution in [3.05, 3.63) is 54.1 Å². The van der Waals surface area contributed by atoms with E-state index in [4.69, 9.17) is 11.0 Å².